The Hall–Kier alpha value is -3.98. The second-order valence-electron chi connectivity index (χ2n) is 6.95. The summed E-state index contributed by atoms with van der Waals surface area (Å²) >= 11 is 1.32. The maximum Gasteiger partial charge on any atom is 0.256 e. The van der Waals surface area contributed by atoms with E-state index in [1.807, 2.05) is 55.5 Å². The number of amides is 2. The van der Waals surface area contributed by atoms with Crippen LogP contribution in [-0.4, -0.2) is 37.8 Å². The van der Waals surface area contributed by atoms with Crippen molar-refractivity contribution in [2.45, 2.75) is 11.8 Å². The Balaban J connectivity index is 1.38. The van der Waals surface area contributed by atoms with Crippen LogP contribution in [0.2, 0.25) is 0 Å². The topological polar surface area (TPSA) is 102 Å². The van der Waals surface area contributed by atoms with Gasteiger partial charge in [-0.1, -0.05) is 29.8 Å². The second kappa shape index (κ2) is 9.88. The molecule has 0 saturated carbocycles. The molecular weight excluding hydrogens is 424 g/mol. The lowest BCUT2D eigenvalue weighted by Gasteiger charge is -2.11. The fourth-order valence-electron chi connectivity index (χ4n) is 2.93. The summed E-state index contributed by atoms with van der Waals surface area (Å²) in [5.41, 5.74) is 3.80. The zero-order valence-corrected chi connectivity index (χ0v) is 18.0. The minimum Gasteiger partial charge on any atom is -0.325 e. The van der Waals surface area contributed by atoms with Crippen molar-refractivity contribution >= 4 is 35.0 Å². The van der Waals surface area contributed by atoms with Gasteiger partial charge in [0.1, 0.15) is 6.33 Å². The van der Waals surface area contributed by atoms with Gasteiger partial charge in [0.25, 0.3) is 5.91 Å². The van der Waals surface area contributed by atoms with Crippen LogP contribution in [0.1, 0.15) is 15.9 Å². The van der Waals surface area contributed by atoms with Gasteiger partial charge >= 0.3 is 0 Å². The minimum absolute atomic E-state index is 0.132. The van der Waals surface area contributed by atoms with Crippen LogP contribution >= 0.6 is 11.8 Å². The minimum atomic E-state index is -0.248. The monoisotopic (exact) mass is 444 g/mol. The summed E-state index contributed by atoms with van der Waals surface area (Å²) in [7, 11) is 0. The number of hydrogen-bond acceptors (Lipinski definition) is 6. The lowest BCUT2D eigenvalue weighted by atomic mass is 10.2. The van der Waals surface area contributed by atoms with E-state index in [1.54, 1.807) is 24.3 Å². The van der Waals surface area contributed by atoms with E-state index in [4.69, 9.17) is 0 Å². The van der Waals surface area contributed by atoms with Crippen molar-refractivity contribution < 1.29 is 9.59 Å². The van der Waals surface area contributed by atoms with Crippen LogP contribution in [0.3, 0.4) is 0 Å². The summed E-state index contributed by atoms with van der Waals surface area (Å²) in [5.74, 6) is -0.187. The molecule has 0 aliphatic heterocycles. The normalized spacial score (nSPS) is 10.5. The third kappa shape index (κ3) is 5.38. The molecule has 0 radical (unpaired) electrons. The third-order valence-corrected chi connectivity index (χ3v) is 5.64. The predicted molar refractivity (Wildman–Crippen MR) is 124 cm³/mol. The van der Waals surface area contributed by atoms with E-state index < -0.39 is 0 Å². The first-order chi connectivity index (χ1) is 15.6. The van der Waals surface area contributed by atoms with E-state index in [2.05, 4.69) is 26.2 Å². The third-order valence-electron chi connectivity index (χ3n) is 4.56. The summed E-state index contributed by atoms with van der Waals surface area (Å²) in [4.78, 5) is 25.9. The van der Waals surface area contributed by atoms with E-state index in [0.29, 0.717) is 11.3 Å². The van der Waals surface area contributed by atoms with Gasteiger partial charge in [0.05, 0.1) is 17.0 Å². The van der Waals surface area contributed by atoms with Crippen LogP contribution in [0.5, 0.6) is 0 Å². The highest BCUT2D eigenvalue weighted by atomic mass is 32.2. The molecule has 3 aromatic carbocycles. The summed E-state index contributed by atoms with van der Waals surface area (Å²) in [5, 5.41) is 16.8. The van der Waals surface area contributed by atoms with Gasteiger partial charge in [-0.3, -0.25) is 9.59 Å². The highest BCUT2D eigenvalue weighted by molar-refractivity contribution is 8.00. The van der Waals surface area contributed by atoms with Gasteiger partial charge in [0, 0.05) is 16.3 Å². The lowest BCUT2D eigenvalue weighted by Crippen LogP contribution is -2.16. The molecule has 0 fully saturated rings. The Labute approximate surface area is 189 Å². The van der Waals surface area contributed by atoms with Crippen LogP contribution in [0.15, 0.2) is 84.0 Å². The summed E-state index contributed by atoms with van der Waals surface area (Å²) < 4.78 is 1.53. The van der Waals surface area contributed by atoms with Gasteiger partial charge in [0.2, 0.25) is 5.91 Å². The van der Waals surface area contributed by atoms with Crippen LogP contribution in [-0.2, 0) is 4.79 Å². The maximum atomic E-state index is 12.9. The molecule has 0 bridgehead atoms. The molecule has 2 N–H and O–H groups in total. The molecule has 0 atom stereocenters. The van der Waals surface area contributed by atoms with Crippen molar-refractivity contribution in [3.63, 3.8) is 0 Å². The Morgan fingerprint density at radius 3 is 2.31 bits per heavy atom. The molecule has 0 saturated heterocycles. The summed E-state index contributed by atoms with van der Waals surface area (Å²) in [6.07, 6.45) is 1.50. The number of carbonyl (C=O) groups excluding carboxylic acids is 2. The van der Waals surface area contributed by atoms with E-state index >= 15 is 0 Å². The molecular formula is C23H20N6O2S. The Morgan fingerprint density at radius 2 is 1.59 bits per heavy atom. The Morgan fingerprint density at radius 1 is 0.906 bits per heavy atom. The van der Waals surface area contributed by atoms with Crippen LogP contribution in [0.25, 0.3) is 5.69 Å². The van der Waals surface area contributed by atoms with Crippen molar-refractivity contribution in [3.05, 3.63) is 90.3 Å². The lowest BCUT2D eigenvalue weighted by molar-refractivity contribution is -0.113. The SMILES string of the molecule is Cc1ccc(NC(=O)CSc2ccccc2C(=O)Nc2ccc(-n3cnnn3)cc2)cc1. The van der Waals surface area contributed by atoms with Crippen molar-refractivity contribution in [1.29, 1.82) is 0 Å². The molecule has 9 heteroatoms. The smallest absolute Gasteiger partial charge is 0.256 e. The average molecular weight is 445 g/mol. The van der Waals surface area contributed by atoms with Gasteiger partial charge in [0.15, 0.2) is 0 Å². The number of thioether (sulfide) groups is 1. The molecule has 1 heterocycles. The van der Waals surface area contributed by atoms with Gasteiger partial charge in [-0.05, 0) is 65.9 Å². The molecule has 32 heavy (non-hydrogen) atoms. The highest BCUT2D eigenvalue weighted by Gasteiger charge is 2.13. The van der Waals surface area contributed by atoms with Crippen molar-refractivity contribution in [2.75, 3.05) is 16.4 Å². The fourth-order valence-corrected chi connectivity index (χ4v) is 3.78. The number of aryl methyl sites for hydroxylation is 1. The Kier molecular flexibility index (Phi) is 6.57. The average Bonchev–Trinajstić information content (AvgIpc) is 3.35. The van der Waals surface area contributed by atoms with E-state index in [-0.39, 0.29) is 17.6 Å². The van der Waals surface area contributed by atoms with Crippen molar-refractivity contribution in [2.24, 2.45) is 0 Å². The van der Waals surface area contributed by atoms with Crippen molar-refractivity contribution in [1.82, 2.24) is 20.2 Å². The maximum absolute atomic E-state index is 12.9. The number of benzene rings is 3. The quantitative estimate of drug-likeness (QED) is 0.419. The molecule has 0 spiro atoms. The van der Waals surface area contributed by atoms with Crippen LogP contribution in [0, 0.1) is 6.92 Å². The summed E-state index contributed by atoms with van der Waals surface area (Å²) in [6.45, 7) is 1.99. The molecule has 4 rings (SSSR count). The number of rotatable bonds is 7. The van der Waals surface area contributed by atoms with Gasteiger partial charge in [-0.2, -0.15) is 0 Å². The fraction of sp³-hybridized carbons (Fsp3) is 0.0870. The van der Waals surface area contributed by atoms with E-state index in [9.17, 15) is 9.59 Å². The number of hydrogen-bond donors (Lipinski definition) is 2. The van der Waals surface area contributed by atoms with E-state index in [1.165, 1.54) is 22.8 Å². The van der Waals surface area contributed by atoms with E-state index in [0.717, 1.165) is 21.8 Å². The zero-order chi connectivity index (χ0) is 22.3. The molecule has 160 valence electrons. The zero-order valence-electron chi connectivity index (χ0n) is 17.2. The first-order valence-corrected chi connectivity index (χ1v) is 10.8. The number of carbonyl (C=O) groups is 2. The largest absolute Gasteiger partial charge is 0.325 e. The molecule has 0 unspecified atom stereocenters. The number of anilines is 2. The first kappa shape index (κ1) is 21.3. The molecule has 0 aliphatic carbocycles. The molecule has 0 aliphatic rings. The Bertz CT molecular complexity index is 1210. The number of aromatic nitrogens is 4. The van der Waals surface area contributed by atoms with Crippen LogP contribution < -0.4 is 10.6 Å². The second-order valence-corrected chi connectivity index (χ2v) is 7.97. The standard InChI is InChI=1S/C23H20N6O2S/c1-16-6-8-17(9-7-16)25-22(30)14-32-21-5-3-2-4-20(21)23(31)26-18-10-12-19(13-11-18)29-15-24-27-28-29/h2-13,15H,14H2,1H3,(H,25,30)(H,26,31). The van der Waals surface area contributed by atoms with Gasteiger partial charge in [-0.25, -0.2) is 4.68 Å². The molecule has 2 amide bonds. The highest BCUT2D eigenvalue weighted by Crippen LogP contribution is 2.24. The summed E-state index contributed by atoms with van der Waals surface area (Å²) in [6, 6.07) is 22.0. The molecule has 8 nitrogen and oxygen atoms in total. The first-order valence-electron chi connectivity index (χ1n) is 9.81. The van der Waals surface area contributed by atoms with Gasteiger partial charge in [-0.15, -0.1) is 16.9 Å². The number of nitrogens with zero attached hydrogens (tertiary/aromatic N) is 4. The van der Waals surface area contributed by atoms with Gasteiger partial charge < -0.3 is 10.6 Å². The molecule has 4 aromatic rings. The number of tetrazole rings is 1. The van der Waals surface area contributed by atoms with Crippen LogP contribution in [0.4, 0.5) is 11.4 Å². The number of nitrogens with one attached hydrogen (secondary N) is 2. The predicted octanol–water partition coefficient (Wildman–Crippen LogP) is 3.95. The van der Waals surface area contributed by atoms with Crippen molar-refractivity contribution in [3.8, 4) is 5.69 Å². The molecule has 1 aromatic heterocycles.